The molecule has 1 fully saturated rings. The highest BCUT2D eigenvalue weighted by atomic mass is 32.2. The van der Waals surface area contributed by atoms with Crippen molar-refractivity contribution in [2.75, 3.05) is 26.1 Å². The summed E-state index contributed by atoms with van der Waals surface area (Å²) in [5.74, 6) is 2.56. The first-order valence-corrected chi connectivity index (χ1v) is 10.1. The molecule has 0 saturated carbocycles. The fraction of sp³-hybridized carbons (Fsp3) is 0.500. The van der Waals surface area contributed by atoms with Crippen molar-refractivity contribution in [2.24, 2.45) is 0 Å². The Kier molecular flexibility index (Phi) is 4.76. The van der Waals surface area contributed by atoms with Crippen LogP contribution in [0.4, 0.5) is 0 Å². The van der Waals surface area contributed by atoms with Gasteiger partial charge in [0.25, 0.3) is 5.91 Å². The van der Waals surface area contributed by atoms with Gasteiger partial charge in [-0.3, -0.25) is 4.79 Å². The maximum absolute atomic E-state index is 13.0. The average Bonchev–Trinajstić information content (AvgIpc) is 3.32. The van der Waals surface area contributed by atoms with Gasteiger partial charge in [-0.1, -0.05) is 11.8 Å². The van der Waals surface area contributed by atoms with Crippen molar-refractivity contribution in [1.82, 2.24) is 19.7 Å². The summed E-state index contributed by atoms with van der Waals surface area (Å²) in [5, 5.41) is 9.64. The Labute approximate surface area is 156 Å². The van der Waals surface area contributed by atoms with E-state index in [0.717, 1.165) is 36.9 Å². The number of amides is 1. The lowest BCUT2D eigenvalue weighted by Gasteiger charge is -2.32. The number of thioether (sulfide) groups is 1. The Morgan fingerprint density at radius 1 is 1.31 bits per heavy atom. The molecular formula is C18H22N4O3S. The minimum Gasteiger partial charge on any atom is -0.454 e. The molecule has 1 saturated heterocycles. The molecule has 0 unspecified atom stereocenters. The first kappa shape index (κ1) is 17.2. The van der Waals surface area contributed by atoms with Gasteiger partial charge in [0.15, 0.2) is 16.7 Å². The maximum Gasteiger partial charge on any atom is 0.254 e. The summed E-state index contributed by atoms with van der Waals surface area (Å²) >= 11 is 1.60. The normalized spacial score (nSPS) is 19.0. The quantitative estimate of drug-likeness (QED) is 0.767. The van der Waals surface area contributed by atoms with Gasteiger partial charge in [0.2, 0.25) is 6.79 Å². The first-order valence-electron chi connectivity index (χ1n) is 8.87. The number of hydrogen-bond donors (Lipinski definition) is 0. The molecule has 1 atom stereocenters. The van der Waals surface area contributed by atoms with Crippen LogP contribution in [0.5, 0.6) is 11.5 Å². The summed E-state index contributed by atoms with van der Waals surface area (Å²) in [6.45, 7) is 4.58. The lowest BCUT2D eigenvalue weighted by atomic mass is 9.96. The van der Waals surface area contributed by atoms with E-state index in [9.17, 15) is 4.79 Å². The van der Waals surface area contributed by atoms with Crippen molar-refractivity contribution in [1.29, 1.82) is 0 Å². The lowest BCUT2D eigenvalue weighted by Crippen LogP contribution is -2.39. The Hall–Kier alpha value is -2.22. The van der Waals surface area contributed by atoms with Gasteiger partial charge in [-0.2, -0.15) is 0 Å². The van der Waals surface area contributed by atoms with Crippen LogP contribution in [-0.4, -0.2) is 51.7 Å². The molecule has 2 aromatic rings. The molecule has 0 bridgehead atoms. The molecular weight excluding hydrogens is 352 g/mol. The van der Waals surface area contributed by atoms with Gasteiger partial charge in [-0.05, 0) is 44.2 Å². The van der Waals surface area contributed by atoms with E-state index in [1.165, 1.54) is 0 Å². The van der Waals surface area contributed by atoms with E-state index in [0.29, 0.717) is 23.6 Å². The van der Waals surface area contributed by atoms with Crippen LogP contribution in [0.3, 0.4) is 0 Å². The highest BCUT2D eigenvalue weighted by Gasteiger charge is 2.30. The number of nitrogens with zero attached hydrogens (tertiary/aromatic N) is 4. The molecule has 0 spiro atoms. The second-order valence-electron chi connectivity index (χ2n) is 6.45. The minimum absolute atomic E-state index is 0.0284. The molecule has 3 heterocycles. The Balaban J connectivity index is 1.53. The van der Waals surface area contributed by atoms with E-state index in [1.807, 2.05) is 11.2 Å². The summed E-state index contributed by atoms with van der Waals surface area (Å²) < 4.78 is 12.9. The number of fused-ring (bicyclic) bond motifs is 1. The van der Waals surface area contributed by atoms with Crippen LogP contribution in [-0.2, 0) is 6.54 Å². The fourth-order valence-corrected chi connectivity index (χ4v) is 4.20. The van der Waals surface area contributed by atoms with Crippen molar-refractivity contribution < 1.29 is 14.3 Å². The van der Waals surface area contributed by atoms with Crippen molar-refractivity contribution in [2.45, 2.75) is 37.4 Å². The van der Waals surface area contributed by atoms with Crippen LogP contribution in [0, 0.1) is 0 Å². The largest absolute Gasteiger partial charge is 0.454 e. The SMILES string of the molecule is CCn1c(SC)nnc1[C@H]1CCCN(C(=O)c2ccc3c(c2)OCO3)C1. The molecule has 0 N–H and O–H groups in total. The number of carbonyl (C=O) groups is 1. The number of hydrogen-bond acceptors (Lipinski definition) is 6. The van der Waals surface area contributed by atoms with Gasteiger partial charge in [-0.25, -0.2) is 0 Å². The molecule has 1 amide bonds. The van der Waals surface area contributed by atoms with Crippen molar-refractivity contribution in [3.8, 4) is 11.5 Å². The summed E-state index contributed by atoms with van der Waals surface area (Å²) in [4.78, 5) is 14.9. The van der Waals surface area contributed by atoms with Crippen LogP contribution in [0.2, 0.25) is 0 Å². The van der Waals surface area contributed by atoms with Gasteiger partial charge in [0.1, 0.15) is 5.82 Å². The van der Waals surface area contributed by atoms with E-state index in [1.54, 1.807) is 30.0 Å². The molecule has 1 aromatic carbocycles. The van der Waals surface area contributed by atoms with Crippen LogP contribution in [0.15, 0.2) is 23.4 Å². The first-order chi connectivity index (χ1) is 12.7. The van der Waals surface area contributed by atoms with Crippen molar-refractivity contribution >= 4 is 17.7 Å². The average molecular weight is 374 g/mol. The van der Waals surface area contributed by atoms with Crippen molar-refractivity contribution in [3.63, 3.8) is 0 Å². The number of ether oxygens (including phenoxy) is 2. The van der Waals surface area contributed by atoms with E-state index in [4.69, 9.17) is 9.47 Å². The van der Waals surface area contributed by atoms with E-state index >= 15 is 0 Å². The smallest absolute Gasteiger partial charge is 0.254 e. The third kappa shape index (κ3) is 3.02. The molecule has 7 nitrogen and oxygen atoms in total. The Morgan fingerprint density at radius 3 is 2.96 bits per heavy atom. The number of piperidine rings is 1. The molecule has 0 aliphatic carbocycles. The van der Waals surface area contributed by atoms with Crippen molar-refractivity contribution in [3.05, 3.63) is 29.6 Å². The summed E-state index contributed by atoms with van der Waals surface area (Å²) in [6, 6.07) is 5.38. The molecule has 1 aromatic heterocycles. The zero-order chi connectivity index (χ0) is 18.1. The second-order valence-corrected chi connectivity index (χ2v) is 7.22. The van der Waals surface area contributed by atoms with Crippen LogP contribution >= 0.6 is 11.8 Å². The van der Waals surface area contributed by atoms with Gasteiger partial charge in [-0.15, -0.1) is 10.2 Å². The highest BCUT2D eigenvalue weighted by Crippen LogP contribution is 2.34. The lowest BCUT2D eigenvalue weighted by molar-refractivity contribution is 0.0702. The zero-order valence-electron chi connectivity index (χ0n) is 15.0. The number of likely N-dealkylation sites (tertiary alicyclic amines) is 1. The monoisotopic (exact) mass is 374 g/mol. The number of carbonyl (C=O) groups excluding carboxylic acids is 1. The molecule has 26 heavy (non-hydrogen) atoms. The number of aromatic nitrogens is 3. The maximum atomic E-state index is 13.0. The van der Waals surface area contributed by atoms with E-state index < -0.39 is 0 Å². The number of rotatable bonds is 4. The predicted octanol–water partition coefficient (Wildman–Crippen LogP) is 2.77. The van der Waals surface area contributed by atoms with E-state index in [2.05, 4.69) is 21.7 Å². The zero-order valence-corrected chi connectivity index (χ0v) is 15.8. The highest BCUT2D eigenvalue weighted by molar-refractivity contribution is 7.98. The summed E-state index contributed by atoms with van der Waals surface area (Å²) in [6.07, 6.45) is 4.00. The molecule has 4 rings (SSSR count). The number of benzene rings is 1. The van der Waals surface area contributed by atoms with Crippen LogP contribution in [0.25, 0.3) is 0 Å². The predicted molar refractivity (Wildman–Crippen MR) is 97.9 cm³/mol. The van der Waals surface area contributed by atoms with Crippen LogP contribution < -0.4 is 9.47 Å². The third-order valence-corrected chi connectivity index (χ3v) is 5.60. The second kappa shape index (κ2) is 7.19. The van der Waals surface area contributed by atoms with Gasteiger partial charge in [0.05, 0.1) is 0 Å². The Morgan fingerprint density at radius 2 is 2.15 bits per heavy atom. The molecule has 2 aliphatic rings. The standard InChI is InChI=1S/C18H22N4O3S/c1-3-22-16(19-20-18(22)26-2)13-5-4-8-21(10-13)17(23)12-6-7-14-15(9-12)25-11-24-14/h6-7,9,13H,3-5,8,10-11H2,1-2H3/t13-/m0/s1. The summed E-state index contributed by atoms with van der Waals surface area (Å²) in [5.41, 5.74) is 0.636. The molecule has 0 radical (unpaired) electrons. The van der Waals surface area contributed by atoms with Gasteiger partial charge in [0, 0.05) is 31.1 Å². The van der Waals surface area contributed by atoms with Gasteiger partial charge < -0.3 is 18.9 Å². The minimum atomic E-state index is 0.0284. The van der Waals surface area contributed by atoms with E-state index in [-0.39, 0.29) is 18.6 Å². The van der Waals surface area contributed by atoms with Gasteiger partial charge >= 0.3 is 0 Å². The Bertz CT molecular complexity index is 823. The molecule has 2 aliphatic heterocycles. The molecule has 138 valence electrons. The molecule has 8 heteroatoms. The summed E-state index contributed by atoms with van der Waals surface area (Å²) in [7, 11) is 0. The third-order valence-electron chi connectivity index (χ3n) is 4.94. The topological polar surface area (TPSA) is 69.5 Å². The van der Waals surface area contributed by atoms with Crippen LogP contribution in [0.1, 0.15) is 41.9 Å². The fourth-order valence-electron chi connectivity index (χ4n) is 3.63.